The highest BCUT2D eigenvalue weighted by molar-refractivity contribution is 5.95. The van der Waals surface area contributed by atoms with Crippen LogP contribution in [0.15, 0.2) is 18.2 Å². The minimum atomic E-state index is -0.200. The smallest absolute Gasteiger partial charge is 0.242 e. The third-order valence-corrected chi connectivity index (χ3v) is 3.94. The van der Waals surface area contributed by atoms with Gasteiger partial charge in [-0.25, -0.2) is 0 Å². The predicted octanol–water partition coefficient (Wildman–Crippen LogP) is 1.77. The second-order valence-electron chi connectivity index (χ2n) is 5.58. The van der Waals surface area contributed by atoms with Gasteiger partial charge in [-0.15, -0.1) is 0 Å². The van der Waals surface area contributed by atoms with Crippen molar-refractivity contribution in [3.8, 4) is 5.75 Å². The highest BCUT2D eigenvalue weighted by Crippen LogP contribution is 2.21. The lowest BCUT2D eigenvalue weighted by Crippen LogP contribution is -2.41. The zero-order valence-electron chi connectivity index (χ0n) is 15.1. The Hall–Kier alpha value is -2.37. The van der Waals surface area contributed by atoms with E-state index in [1.54, 1.807) is 30.1 Å². The summed E-state index contributed by atoms with van der Waals surface area (Å²) >= 11 is 0. The molecule has 1 aromatic carbocycles. The minimum Gasteiger partial charge on any atom is -0.496 e. The topological polar surface area (TPSA) is 66.9 Å². The fourth-order valence-electron chi connectivity index (χ4n) is 2.40. The second kappa shape index (κ2) is 9.05. The van der Waals surface area contributed by atoms with Crippen LogP contribution in [0.3, 0.4) is 0 Å². The third kappa shape index (κ3) is 5.08. The summed E-state index contributed by atoms with van der Waals surface area (Å²) < 4.78 is 5.26. The Morgan fingerprint density at radius 3 is 2.21 bits per heavy atom. The van der Waals surface area contributed by atoms with Gasteiger partial charge in [-0.05, 0) is 39.0 Å². The number of ether oxygens (including phenoxy) is 1. The Morgan fingerprint density at radius 2 is 1.71 bits per heavy atom. The average Bonchev–Trinajstić information content (AvgIpc) is 2.55. The van der Waals surface area contributed by atoms with Crippen molar-refractivity contribution in [3.05, 3.63) is 29.3 Å². The molecule has 0 aliphatic carbocycles. The number of likely N-dealkylation sites (N-methyl/N-ethyl adjacent to an activating group) is 2. The number of carbonyl (C=O) groups is 3. The Kier molecular flexibility index (Phi) is 7.42. The SMILES string of the molecule is CCN(CC)C(=O)CN(C)C(=O)Cc1cc(C(C)=O)ccc1OC. The molecule has 2 amide bonds. The molecule has 0 aliphatic heterocycles. The first-order chi connectivity index (χ1) is 11.3. The molecule has 132 valence electrons. The van der Waals surface area contributed by atoms with Gasteiger partial charge in [0.2, 0.25) is 11.8 Å². The normalized spacial score (nSPS) is 10.2. The monoisotopic (exact) mass is 334 g/mol. The summed E-state index contributed by atoms with van der Waals surface area (Å²) in [6.07, 6.45) is 0.0757. The van der Waals surface area contributed by atoms with Gasteiger partial charge in [0.05, 0.1) is 20.1 Å². The molecule has 1 aromatic rings. The number of hydrogen-bond acceptors (Lipinski definition) is 4. The van der Waals surface area contributed by atoms with Gasteiger partial charge < -0.3 is 14.5 Å². The summed E-state index contributed by atoms with van der Waals surface area (Å²) in [6.45, 7) is 6.55. The van der Waals surface area contributed by atoms with E-state index in [-0.39, 0.29) is 30.6 Å². The van der Waals surface area contributed by atoms with Gasteiger partial charge in [-0.3, -0.25) is 14.4 Å². The maximum atomic E-state index is 12.4. The molecule has 0 saturated carbocycles. The summed E-state index contributed by atoms with van der Waals surface area (Å²) in [5, 5.41) is 0. The molecule has 0 aliphatic rings. The largest absolute Gasteiger partial charge is 0.496 e. The van der Waals surface area contributed by atoms with Crippen molar-refractivity contribution in [1.82, 2.24) is 9.80 Å². The molecule has 0 atom stereocenters. The van der Waals surface area contributed by atoms with Gasteiger partial charge in [0.15, 0.2) is 5.78 Å². The summed E-state index contributed by atoms with van der Waals surface area (Å²) in [6, 6.07) is 5.02. The first-order valence-electron chi connectivity index (χ1n) is 8.03. The molecule has 0 saturated heterocycles. The molecular formula is C18H26N2O4. The van der Waals surface area contributed by atoms with Gasteiger partial charge in [0, 0.05) is 31.3 Å². The molecule has 0 heterocycles. The Balaban J connectivity index is 2.84. The quantitative estimate of drug-likeness (QED) is 0.680. The van der Waals surface area contributed by atoms with Crippen LogP contribution in [0.4, 0.5) is 0 Å². The number of nitrogens with zero attached hydrogens (tertiary/aromatic N) is 2. The maximum absolute atomic E-state index is 12.4. The zero-order valence-corrected chi connectivity index (χ0v) is 15.1. The first kappa shape index (κ1) is 19.7. The fraction of sp³-hybridized carbons (Fsp3) is 0.500. The van der Waals surface area contributed by atoms with Crippen LogP contribution in [0.2, 0.25) is 0 Å². The number of Topliss-reactive ketones (excluding diaryl/α,β-unsaturated/α-hetero) is 1. The van der Waals surface area contributed by atoms with Crippen LogP contribution in [0.25, 0.3) is 0 Å². The second-order valence-corrected chi connectivity index (χ2v) is 5.58. The third-order valence-electron chi connectivity index (χ3n) is 3.94. The van der Waals surface area contributed by atoms with Gasteiger partial charge in [0.1, 0.15) is 5.75 Å². The van der Waals surface area contributed by atoms with E-state index >= 15 is 0 Å². The summed E-state index contributed by atoms with van der Waals surface area (Å²) in [5.41, 5.74) is 1.16. The van der Waals surface area contributed by atoms with Gasteiger partial charge in [0.25, 0.3) is 0 Å². The van der Waals surface area contributed by atoms with Crippen molar-refractivity contribution in [3.63, 3.8) is 0 Å². The van der Waals surface area contributed by atoms with Crippen LogP contribution < -0.4 is 4.74 Å². The lowest BCUT2D eigenvalue weighted by Gasteiger charge is -2.23. The Bertz CT molecular complexity index is 609. The molecule has 0 N–H and O–H groups in total. The Labute approximate surface area is 143 Å². The van der Waals surface area contributed by atoms with Crippen molar-refractivity contribution in [2.45, 2.75) is 27.2 Å². The summed E-state index contributed by atoms with van der Waals surface area (Å²) in [5.74, 6) is 0.197. The van der Waals surface area contributed by atoms with E-state index in [0.717, 1.165) is 0 Å². The van der Waals surface area contributed by atoms with E-state index in [0.29, 0.717) is 30.0 Å². The van der Waals surface area contributed by atoms with E-state index in [1.807, 2.05) is 13.8 Å². The minimum absolute atomic E-state index is 0.0369. The van der Waals surface area contributed by atoms with E-state index < -0.39 is 0 Å². The molecule has 24 heavy (non-hydrogen) atoms. The molecule has 0 unspecified atom stereocenters. The van der Waals surface area contributed by atoms with Crippen LogP contribution in [-0.4, -0.2) is 61.2 Å². The first-order valence-corrected chi connectivity index (χ1v) is 8.03. The van der Waals surface area contributed by atoms with E-state index in [1.165, 1.54) is 18.9 Å². The number of benzene rings is 1. The number of methoxy groups -OCH3 is 1. The number of ketones is 1. The van der Waals surface area contributed by atoms with Crippen LogP contribution in [0.5, 0.6) is 5.75 Å². The molecule has 0 fully saturated rings. The highest BCUT2D eigenvalue weighted by Gasteiger charge is 2.18. The number of amides is 2. The highest BCUT2D eigenvalue weighted by atomic mass is 16.5. The van der Waals surface area contributed by atoms with Crippen molar-refractivity contribution < 1.29 is 19.1 Å². The van der Waals surface area contributed by atoms with Crippen molar-refractivity contribution >= 4 is 17.6 Å². The number of rotatable bonds is 8. The van der Waals surface area contributed by atoms with E-state index in [4.69, 9.17) is 4.74 Å². The molecule has 0 aromatic heterocycles. The van der Waals surface area contributed by atoms with Crippen LogP contribution in [0.1, 0.15) is 36.7 Å². The molecular weight excluding hydrogens is 308 g/mol. The number of hydrogen-bond donors (Lipinski definition) is 0. The molecule has 0 spiro atoms. The van der Waals surface area contributed by atoms with Crippen molar-refractivity contribution in [2.24, 2.45) is 0 Å². The van der Waals surface area contributed by atoms with Gasteiger partial charge >= 0.3 is 0 Å². The molecule has 0 bridgehead atoms. The van der Waals surface area contributed by atoms with E-state index in [9.17, 15) is 14.4 Å². The van der Waals surface area contributed by atoms with Gasteiger partial charge in [-0.2, -0.15) is 0 Å². The lowest BCUT2D eigenvalue weighted by atomic mass is 10.0. The predicted molar refractivity (Wildman–Crippen MR) is 92.3 cm³/mol. The molecule has 1 rings (SSSR count). The standard InChI is InChI=1S/C18H26N2O4/c1-6-20(7-2)18(23)12-19(4)17(22)11-15-10-14(13(3)21)8-9-16(15)24-5/h8-10H,6-7,11-12H2,1-5H3. The zero-order chi connectivity index (χ0) is 18.3. The van der Waals surface area contributed by atoms with E-state index in [2.05, 4.69) is 0 Å². The van der Waals surface area contributed by atoms with Gasteiger partial charge in [-0.1, -0.05) is 0 Å². The Morgan fingerprint density at radius 1 is 1.08 bits per heavy atom. The number of carbonyl (C=O) groups excluding carboxylic acids is 3. The lowest BCUT2D eigenvalue weighted by molar-refractivity contribution is -0.138. The van der Waals surface area contributed by atoms with Crippen molar-refractivity contribution in [2.75, 3.05) is 33.8 Å². The summed E-state index contributed by atoms with van der Waals surface area (Å²) in [7, 11) is 3.12. The van der Waals surface area contributed by atoms with Crippen molar-refractivity contribution in [1.29, 1.82) is 0 Å². The van der Waals surface area contributed by atoms with Crippen LogP contribution >= 0.6 is 0 Å². The summed E-state index contributed by atoms with van der Waals surface area (Å²) in [4.78, 5) is 39.1. The fourth-order valence-corrected chi connectivity index (χ4v) is 2.40. The van der Waals surface area contributed by atoms with Crippen LogP contribution in [0, 0.1) is 0 Å². The molecule has 6 nitrogen and oxygen atoms in total. The molecule has 0 radical (unpaired) electrons. The molecule has 6 heteroatoms. The van der Waals surface area contributed by atoms with Crippen LogP contribution in [-0.2, 0) is 16.0 Å². The maximum Gasteiger partial charge on any atom is 0.242 e. The average molecular weight is 334 g/mol.